The highest BCUT2D eigenvalue weighted by molar-refractivity contribution is 7.89. The van der Waals surface area contributed by atoms with Crippen LogP contribution in [0.2, 0.25) is 0 Å². The van der Waals surface area contributed by atoms with Crippen molar-refractivity contribution in [3.8, 4) is 5.88 Å². The molecule has 1 heterocycles. The van der Waals surface area contributed by atoms with Crippen molar-refractivity contribution in [1.29, 1.82) is 0 Å². The number of halogens is 1. The van der Waals surface area contributed by atoms with E-state index >= 15 is 0 Å². The van der Waals surface area contributed by atoms with Crippen LogP contribution in [0.3, 0.4) is 0 Å². The molecule has 0 spiro atoms. The minimum absolute atomic E-state index is 0. The highest BCUT2D eigenvalue weighted by atomic mass is 127. The number of carbonyl (C=O) groups is 1. The van der Waals surface area contributed by atoms with Crippen LogP contribution in [0, 0.1) is 0 Å². The predicted molar refractivity (Wildman–Crippen MR) is 169 cm³/mol. The average Bonchev–Trinajstić information content (AvgIpc) is 3.44. The molecule has 0 aromatic carbocycles. The highest BCUT2D eigenvalue weighted by Crippen LogP contribution is 2.14. The smallest absolute Gasteiger partial charge is 0.407 e. The molecular formula is C31H61IN4O6S. The van der Waals surface area contributed by atoms with Gasteiger partial charge in [0, 0.05) is 19.0 Å². The molecule has 1 rings (SSSR count). The van der Waals surface area contributed by atoms with E-state index in [0.29, 0.717) is 17.4 Å². The lowest BCUT2D eigenvalue weighted by Crippen LogP contribution is -3.00. The molecule has 0 bridgehead atoms. The molecule has 0 aliphatic carbocycles. The van der Waals surface area contributed by atoms with Gasteiger partial charge in [-0.2, -0.15) is 0 Å². The van der Waals surface area contributed by atoms with Crippen LogP contribution in [-0.2, 0) is 14.8 Å². The number of hydrogen-bond donors (Lipinski definition) is 2. The van der Waals surface area contributed by atoms with E-state index in [1.165, 1.54) is 102 Å². The summed E-state index contributed by atoms with van der Waals surface area (Å²) < 4.78 is 43.8. The summed E-state index contributed by atoms with van der Waals surface area (Å²) in [5, 5.41) is 6.47. The van der Waals surface area contributed by atoms with Gasteiger partial charge < -0.3 is 47.8 Å². The molecule has 1 amide bonds. The predicted octanol–water partition coefficient (Wildman–Crippen LogP) is 3.43. The van der Waals surface area contributed by atoms with Crippen molar-refractivity contribution < 1.29 is 55.7 Å². The molecule has 0 radical (unpaired) electrons. The van der Waals surface area contributed by atoms with Crippen molar-refractivity contribution in [3.05, 3.63) is 12.3 Å². The first-order valence-corrected chi connectivity index (χ1v) is 18.0. The molecule has 0 saturated heterocycles. The molecule has 0 saturated carbocycles. The van der Waals surface area contributed by atoms with Crippen LogP contribution in [0.1, 0.15) is 116 Å². The Morgan fingerprint density at radius 3 is 1.91 bits per heavy atom. The number of ether oxygens (including phenoxy) is 2. The van der Waals surface area contributed by atoms with Crippen LogP contribution < -0.4 is 38.8 Å². The lowest BCUT2D eigenvalue weighted by molar-refractivity contribution is -0.870. The first-order valence-electron chi connectivity index (χ1n) is 16.4. The van der Waals surface area contributed by atoms with Gasteiger partial charge in [0.25, 0.3) is 5.88 Å². The average molecular weight is 745 g/mol. The third-order valence-corrected chi connectivity index (χ3v) is 8.61. The topological polar surface area (TPSA) is 120 Å². The molecule has 2 N–H and O–H groups in total. The maximum absolute atomic E-state index is 12.4. The normalized spacial score (nSPS) is 12.5. The van der Waals surface area contributed by atoms with Gasteiger partial charge in [0.15, 0.2) is 0 Å². The van der Waals surface area contributed by atoms with Gasteiger partial charge in [-0.3, -0.25) is 0 Å². The van der Waals surface area contributed by atoms with E-state index in [0.717, 1.165) is 19.4 Å². The van der Waals surface area contributed by atoms with E-state index in [-0.39, 0.29) is 48.8 Å². The number of aromatic nitrogens is 1. The number of quaternary nitrogens is 1. The molecule has 43 heavy (non-hydrogen) atoms. The molecule has 0 aliphatic heterocycles. The zero-order valence-corrected chi connectivity index (χ0v) is 30.4. The van der Waals surface area contributed by atoms with E-state index in [2.05, 4.69) is 22.1 Å². The van der Waals surface area contributed by atoms with Gasteiger partial charge in [0.2, 0.25) is 10.0 Å². The fourth-order valence-electron chi connectivity index (χ4n) is 4.67. The largest absolute Gasteiger partial charge is 1.00 e. The summed E-state index contributed by atoms with van der Waals surface area (Å²) in [6.07, 6.45) is 21.5. The number of nitrogens with zero attached hydrogens (tertiary/aromatic N) is 2. The molecule has 1 aromatic heterocycles. The summed E-state index contributed by atoms with van der Waals surface area (Å²) in [5.74, 6) is 0.209. The number of sulfonamides is 1. The van der Waals surface area contributed by atoms with Gasteiger partial charge in [0.05, 0.1) is 40.0 Å². The number of hydrogen-bond acceptors (Lipinski definition) is 7. The summed E-state index contributed by atoms with van der Waals surface area (Å²) in [6, 6.07) is 1.51. The quantitative estimate of drug-likeness (QED) is 0.0768. The third-order valence-electron chi connectivity index (χ3n) is 7.17. The molecule has 0 aliphatic rings. The Bertz CT molecular complexity index is 881. The molecular weight excluding hydrogens is 683 g/mol. The van der Waals surface area contributed by atoms with Crippen molar-refractivity contribution in [2.24, 2.45) is 0 Å². The lowest BCUT2D eigenvalue weighted by Gasteiger charge is -2.23. The Balaban J connectivity index is 0.0000176. The lowest BCUT2D eigenvalue weighted by atomic mass is 10.0. The second-order valence-electron chi connectivity index (χ2n) is 12.4. The standard InChI is InChI=1S/C31H60N4O6S.HI/c1-5-6-7-8-9-10-11-12-13-14-15-16-17-18-19-20-23-32-31(36)39-28-29(41-30-22-25-40-34-30)27-33-42(37,38)26-21-24-35(2,3)4;/h22,25,29,33H,5-21,23-24,26-28H2,1-4H3;1H. The first-order chi connectivity index (χ1) is 20.1. The monoisotopic (exact) mass is 744 g/mol. The molecule has 254 valence electrons. The van der Waals surface area contributed by atoms with E-state index in [9.17, 15) is 13.2 Å². The second kappa shape index (κ2) is 26.1. The van der Waals surface area contributed by atoms with Gasteiger partial charge in [-0.1, -0.05) is 103 Å². The summed E-state index contributed by atoms with van der Waals surface area (Å²) in [7, 11) is 2.56. The van der Waals surface area contributed by atoms with Crippen LogP contribution >= 0.6 is 0 Å². The number of rotatable bonds is 28. The van der Waals surface area contributed by atoms with Crippen LogP contribution in [-0.4, -0.2) is 83.4 Å². The number of alkyl carbamates (subject to hydrolysis) is 1. The van der Waals surface area contributed by atoms with Crippen LogP contribution in [0.4, 0.5) is 4.79 Å². The first kappa shape index (κ1) is 41.9. The van der Waals surface area contributed by atoms with Crippen molar-refractivity contribution in [1.82, 2.24) is 15.2 Å². The van der Waals surface area contributed by atoms with E-state index in [1.807, 2.05) is 21.1 Å². The summed E-state index contributed by atoms with van der Waals surface area (Å²) in [5.41, 5.74) is 0. The minimum Gasteiger partial charge on any atom is -1.00 e. The zero-order valence-electron chi connectivity index (χ0n) is 27.4. The number of unbranched alkanes of at least 4 members (excludes halogenated alkanes) is 15. The Hall–Kier alpha value is -1.12. The molecule has 1 unspecified atom stereocenters. The zero-order chi connectivity index (χ0) is 30.9. The molecule has 10 nitrogen and oxygen atoms in total. The van der Waals surface area contributed by atoms with Gasteiger partial charge >= 0.3 is 6.09 Å². The van der Waals surface area contributed by atoms with E-state index in [1.54, 1.807) is 0 Å². The minimum atomic E-state index is -3.50. The summed E-state index contributed by atoms with van der Waals surface area (Å²) in [4.78, 5) is 12.2. The van der Waals surface area contributed by atoms with Gasteiger partial charge in [-0.05, 0) is 11.6 Å². The SMILES string of the molecule is CCCCCCCCCCCCCCCCCCNC(=O)OCC(CNS(=O)(=O)CCC[N+](C)(C)C)Oc1ccon1.[I-]. The molecule has 0 fully saturated rings. The Labute approximate surface area is 279 Å². The number of nitrogens with one attached hydrogen (secondary N) is 2. The highest BCUT2D eigenvalue weighted by Gasteiger charge is 2.20. The molecule has 1 aromatic rings. The van der Waals surface area contributed by atoms with Crippen molar-refractivity contribution in [2.45, 2.75) is 122 Å². The van der Waals surface area contributed by atoms with Gasteiger partial charge in [-0.15, -0.1) is 0 Å². The molecule has 12 heteroatoms. The van der Waals surface area contributed by atoms with Crippen LogP contribution in [0.25, 0.3) is 0 Å². The maximum atomic E-state index is 12.4. The Morgan fingerprint density at radius 1 is 0.884 bits per heavy atom. The Morgan fingerprint density at radius 2 is 1.42 bits per heavy atom. The number of amides is 1. The number of carbonyl (C=O) groups excluding carboxylic acids is 1. The molecule has 1 atom stereocenters. The second-order valence-corrected chi connectivity index (χ2v) is 14.4. The Kier molecular flexibility index (Phi) is 25.5. The third kappa shape index (κ3) is 27.0. The van der Waals surface area contributed by atoms with Crippen molar-refractivity contribution in [2.75, 3.05) is 53.1 Å². The van der Waals surface area contributed by atoms with E-state index < -0.39 is 22.2 Å². The summed E-state index contributed by atoms with van der Waals surface area (Å²) in [6.45, 7) is 3.38. The van der Waals surface area contributed by atoms with Crippen molar-refractivity contribution >= 4 is 16.1 Å². The maximum Gasteiger partial charge on any atom is 0.407 e. The van der Waals surface area contributed by atoms with Gasteiger partial charge in [-0.25, -0.2) is 17.9 Å². The fourth-order valence-corrected chi connectivity index (χ4v) is 5.77. The van der Waals surface area contributed by atoms with Gasteiger partial charge in [0.1, 0.15) is 19.0 Å². The fraction of sp³-hybridized carbons (Fsp3) is 0.871. The van der Waals surface area contributed by atoms with Crippen molar-refractivity contribution in [3.63, 3.8) is 0 Å². The van der Waals surface area contributed by atoms with Crippen LogP contribution in [0.15, 0.2) is 16.9 Å². The van der Waals surface area contributed by atoms with E-state index in [4.69, 9.17) is 14.0 Å². The van der Waals surface area contributed by atoms with Crippen LogP contribution in [0.5, 0.6) is 5.88 Å². The summed E-state index contributed by atoms with van der Waals surface area (Å²) >= 11 is 0.